The van der Waals surface area contributed by atoms with Crippen LogP contribution < -0.4 is 4.72 Å². The molecule has 0 atom stereocenters. The molecule has 0 radical (unpaired) electrons. The lowest BCUT2D eigenvalue weighted by Gasteiger charge is -2.22. The lowest BCUT2D eigenvalue weighted by molar-refractivity contribution is 0.0662. The molecular formula is C13H16N4O3S. The Bertz CT molecular complexity index is 693. The third-order valence-corrected chi connectivity index (χ3v) is 4.73. The second kappa shape index (κ2) is 5.82. The summed E-state index contributed by atoms with van der Waals surface area (Å²) >= 11 is 0. The summed E-state index contributed by atoms with van der Waals surface area (Å²) in [6.07, 6.45) is 7.84. The third kappa shape index (κ3) is 3.22. The van der Waals surface area contributed by atoms with E-state index in [1.165, 1.54) is 24.7 Å². The molecule has 1 aliphatic heterocycles. The molecule has 0 aromatic carbocycles. The number of aromatic nitrogens is 3. The van der Waals surface area contributed by atoms with Gasteiger partial charge in [0.1, 0.15) is 4.90 Å². The zero-order valence-electron chi connectivity index (χ0n) is 11.3. The van der Waals surface area contributed by atoms with Gasteiger partial charge in [0.2, 0.25) is 0 Å². The van der Waals surface area contributed by atoms with Crippen molar-refractivity contribution in [3.05, 3.63) is 36.9 Å². The lowest BCUT2D eigenvalue weighted by atomic mass is 10.1. The van der Waals surface area contributed by atoms with Crippen molar-refractivity contribution in [3.8, 4) is 0 Å². The molecule has 0 spiro atoms. The van der Waals surface area contributed by atoms with Gasteiger partial charge in [-0.3, -0.25) is 14.4 Å². The quantitative estimate of drug-likeness (QED) is 0.923. The van der Waals surface area contributed by atoms with Gasteiger partial charge in [0.15, 0.2) is 0 Å². The fraction of sp³-hybridized carbons (Fsp3) is 0.385. The van der Waals surface area contributed by atoms with Gasteiger partial charge < -0.3 is 4.74 Å². The molecule has 7 nitrogen and oxygen atoms in total. The van der Waals surface area contributed by atoms with Crippen molar-refractivity contribution >= 4 is 15.7 Å². The number of nitrogens with one attached hydrogen (secondary N) is 1. The van der Waals surface area contributed by atoms with Gasteiger partial charge in [0, 0.05) is 31.8 Å². The fourth-order valence-electron chi connectivity index (χ4n) is 2.26. The summed E-state index contributed by atoms with van der Waals surface area (Å²) in [5.41, 5.74) is 0.449. The van der Waals surface area contributed by atoms with Crippen LogP contribution >= 0.6 is 0 Å². The van der Waals surface area contributed by atoms with Gasteiger partial charge >= 0.3 is 0 Å². The molecule has 1 aliphatic rings. The molecule has 0 aliphatic carbocycles. The van der Waals surface area contributed by atoms with Crippen molar-refractivity contribution in [2.45, 2.75) is 23.8 Å². The van der Waals surface area contributed by atoms with Gasteiger partial charge in [-0.05, 0) is 25.0 Å². The minimum absolute atomic E-state index is 0.129. The molecule has 1 saturated heterocycles. The predicted octanol–water partition coefficient (Wildman–Crippen LogP) is 1.43. The van der Waals surface area contributed by atoms with Crippen LogP contribution in [0.3, 0.4) is 0 Å². The Morgan fingerprint density at radius 3 is 2.81 bits per heavy atom. The zero-order valence-corrected chi connectivity index (χ0v) is 12.2. The van der Waals surface area contributed by atoms with Crippen LogP contribution in [0.25, 0.3) is 0 Å². The van der Waals surface area contributed by atoms with E-state index in [0.717, 1.165) is 12.8 Å². The highest BCUT2D eigenvalue weighted by atomic mass is 32.2. The van der Waals surface area contributed by atoms with Crippen LogP contribution in [0.1, 0.15) is 18.9 Å². The molecule has 0 amide bonds. The maximum Gasteiger partial charge on any atom is 0.263 e. The Balaban J connectivity index is 1.75. The molecule has 2 aromatic heterocycles. The van der Waals surface area contributed by atoms with E-state index in [4.69, 9.17) is 4.74 Å². The molecule has 8 heteroatoms. The van der Waals surface area contributed by atoms with Crippen molar-refractivity contribution in [3.63, 3.8) is 0 Å². The van der Waals surface area contributed by atoms with E-state index < -0.39 is 10.0 Å². The normalized spacial score (nSPS) is 16.8. The maximum absolute atomic E-state index is 12.2. The first-order chi connectivity index (χ1) is 10.1. The van der Waals surface area contributed by atoms with Gasteiger partial charge in [-0.2, -0.15) is 5.10 Å². The third-order valence-electron chi connectivity index (χ3n) is 3.36. The lowest BCUT2D eigenvalue weighted by Crippen LogP contribution is -2.19. The van der Waals surface area contributed by atoms with Crippen LogP contribution in [-0.4, -0.2) is 36.4 Å². The molecule has 3 rings (SSSR count). The first-order valence-electron chi connectivity index (χ1n) is 6.70. The van der Waals surface area contributed by atoms with Gasteiger partial charge in [-0.25, -0.2) is 8.42 Å². The Morgan fingerprint density at radius 1 is 1.29 bits per heavy atom. The Morgan fingerprint density at radius 2 is 2.10 bits per heavy atom. The van der Waals surface area contributed by atoms with E-state index in [0.29, 0.717) is 18.9 Å². The zero-order chi connectivity index (χ0) is 14.7. The number of nitrogens with zero attached hydrogens (tertiary/aromatic N) is 3. The molecule has 0 bridgehead atoms. The summed E-state index contributed by atoms with van der Waals surface area (Å²) < 4.78 is 34.0. The molecule has 112 valence electrons. The van der Waals surface area contributed by atoms with Crippen LogP contribution in [0.5, 0.6) is 0 Å². The molecule has 0 unspecified atom stereocenters. The monoisotopic (exact) mass is 308 g/mol. The second-order valence-electron chi connectivity index (χ2n) is 4.85. The van der Waals surface area contributed by atoms with Crippen molar-refractivity contribution in [2.75, 3.05) is 17.9 Å². The summed E-state index contributed by atoms with van der Waals surface area (Å²) in [7, 11) is -3.62. The maximum atomic E-state index is 12.2. The van der Waals surface area contributed by atoms with Crippen LogP contribution in [0.2, 0.25) is 0 Å². The highest BCUT2D eigenvalue weighted by Crippen LogP contribution is 2.22. The number of sulfonamides is 1. The standard InChI is InChI=1S/C13H16N4O3S/c18-21(19,13-2-1-5-14-9-13)16-11-8-15-17(10-11)12-3-6-20-7-4-12/h1-2,5,8-10,12,16H,3-4,6-7H2. The van der Waals surface area contributed by atoms with Crippen LogP contribution in [0, 0.1) is 0 Å². The number of anilines is 1. The topological polar surface area (TPSA) is 86.1 Å². The van der Waals surface area contributed by atoms with Crippen molar-refractivity contribution in [1.29, 1.82) is 0 Å². The summed E-state index contributed by atoms with van der Waals surface area (Å²) in [5.74, 6) is 0. The van der Waals surface area contributed by atoms with Crippen LogP contribution in [0.4, 0.5) is 5.69 Å². The minimum atomic E-state index is -3.62. The van der Waals surface area contributed by atoms with Crippen molar-refractivity contribution < 1.29 is 13.2 Å². The first-order valence-corrected chi connectivity index (χ1v) is 8.18. The smallest absolute Gasteiger partial charge is 0.263 e. The molecule has 3 heterocycles. The average molecular weight is 308 g/mol. The van der Waals surface area contributed by atoms with E-state index >= 15 is 0 Å². The molecule has 2 aromatic rings. The van der Waals surface area contributed by atoms with Gasteiger partial charge in [-0.1, -0.05) is 0 Å². The van der Waals surface area contributed by atoms with Crippen LogP contribution in [0.15, 0.2) is 41.8 Å². The number of ether oxygens (including phenoxy) is 1. The number of hydrogen-bond donors (Lipinski definition) is 1. The second-order valence-corrected chi connectivity index (χ2v) is 6.53. The van der Waals surface area contributed by atoms with Crippen molar-refractivity contribution in [1.82, 2.24) is 14.8 Å². The Kier molecular flexibility index (Phi) is 3.89. The van der Waals surface area contributed by atoms with E-state index in [-0.39, 0.29) is 10.9 Å². The summed E-state index contributed by atoms with van der Waals surface area (Å²) in [4.78, 5) is 3.95. The highest BCUT2D eigenvalue weighted by molar-refractivity contribution is 7.92. The average Bonchev–Trinajstić information content (AvgIpc) is 2.97. The predicted molar refractivity (Wildman–Crippen MR) is 76.4 cm³/mol. The highest BCUT2D eigenvalue weighted by Gasteiger charge is 2.19. The van der Waals surface area contributed by atoms with Gasteiger partial charge in [0.25, 0.3) is 10.0 Å². The van der Waals surface area contributed by atoms with E-state index in [1.807, 2.05) is 0 Å². The van der Waals surface area contributed by atoms with E-state index in [2.05, 4.69) is 14.8 Å². The summed E-state index contributed by atoms with van der Waals surface area (Å²) in [6, 6.07) is 3.34. The van der Waals surface area contributed by atoms with Crippen molar-refractivity contribution in [2.24, 2.45) is 0 Å². The Labute approximate surface area is 123 Å². The summed E-state index contributed by atoms with van der Waals surface area (Å²) in [6.45, 7) is 1.42. The number of hydrogen-bond acceptors (Lipinski definition) is 5. The summed E-state index contributed by atoms with van der Waals surface area (Å²) in [5, 5.41) is 4.24. The van der Waals surface area contributed by atoms with Gasteiger partial charge in [0.05, 0.1) is 17.9 Å². The minimum Gasteiger partial charge on any atom is -0.381 e. The first kappa shape index (κ1) is 14.0. The largest absolute Gasteiger partial charge is 0.381 e. The van der Waals surface area contributed by atoms with E-state index in [9.17, 15) is 8.42 Å². The van der Waals surface area contributed by atoms with Crippen LogP contribution in [-0.2, 0) is 14.8 Å². The molecule has 1 N–H and O–H groups in total. The van der Waals surface area contributed by atoms with Gasteiger partial charge in [-0.15, -0.1) is 0 Å². The molecule has 1 fully saturated rings. The molecular weight excluding hydrogens is 292 g/mol. The number of rotatable bonds is 4. The number of pyridine rings is 1. The van der Waals surface area contributed by atoms with E-state index in [1.54, 1.807) is 16.9 Å². The SMILES string of the molecule is O=S(=O)(Nc1cnn(C2CCOCC2)c1)c1cccnc1. The fourth-order valence-corrected chi connectivity index (χ4v) is 3.25. The molecule has 0 saturated carbocycles. The molecule has 21 heavy (non-hydrogen) atoms. The Hall–Kier alpha value is -1.93.